The molecule has 0 aromatic heterocycles. The molecule has 4 unspecified atom stereocenters. The van der Waals surface area contributed by atoms with Gasteiger partial charge in [0.05, 0.1) is 0 Å². The SMILES string of the molecule is CC.CCC(C)C1CC2CC2N1C. The van der Waals surface area contributed by atoms with E-state index in [4.69, 9.17) is 0 Å². The molecule has 13 heavy (non-hydrogen) atoms. The summed E-state index contributed by atoms with van der Waals surface area (Å²) in [6.07, 6.45) is 4.31. The zero-order chi connectivity index (χ0) is 10.0. The minimum atomic E-state index is 0.906. The Morgan fingerprint density at radius 3 is 2.31 bits per heavy atom. The second kappa shape index (κ2) is 4.45. The number of likely N-dealkylation sites (tertiary alicyclic amines) is 1. The van der Waals surface area contributed by atoms with Crippen molar-refractivity contribution >= 4 is 0 Å². The molecule has 2 rings (SSSR count). The van der Waals surface area contributed by atoms with Crippen LogP contribution in [0.15, 0.2) is 0 Å². The lowest BCUT2D eigenvalue weighted by Crippen LogP contribution is -2.33. The van der Waals surface area contributed by atoms with E-state index >= 15 is 0 Å². The minimum Gasteiger partial charge on any atom is -0.300 e. The zero-order valence-electron chi connectivity index (χ0n) is 9.88. The minimum absolute atomic E-state index is 0.906. The first-order chi connectivity index (χ1) is 6.24. The van der Waals surface area contributed by atoms with E-state index in [2.05, 4.69) is 25.8 Å². The molecule has 4 atom stereocenters. The van der Waals surface area contributed by atoms with Crippen molar-refractivity contribution in [2.45, 2.75) is 59.0 Å². The summed E-state index contributed by atoms with van der Waals surface area (Å²) in [6.45, 7) is 8.70. The fourth-order valence-electron chi connectivity index (χ4n) is 2.61. The highest BCUT2D eigenvalue weighted by atomic mass is 15.2. The van der Waals surface area contributed by atoms with Crippen LogP contribution in [0.1, 0.15) is 47.0 Å². The number of nitrogens with zero attached hydrogens (tertiary/aromatic N) is 1. The molecule has 0 radical (unpaired) electrons. The van der Waals surface area contributed by atoms with E-state index in [0.29, 0.717) is 0 Å². The highest BCUT2D eigenvalue weighted by Crippen LogP contribution is 2.48. The van der Waals surface area contributed by atoms with Crippen LogP contribution in [0.3, 0.4) is 0 Å². The maximum atomic E-state index is 2.62. The van der Waals surface area contributed by atoms with E-state index in [1.165, 1.54) is 19.3 Å². The van der Waals surface area contributed by atoms with Crippen LogP contribution in [-0.2, 0) is 0 Å². The molecular weight excluding hydrogens is 158 g/mol. The molecule has 1 saturated carbocycles. The third kappa shape index (κ3) is 2.07. The Hall–Kier alpha value is -0.0400. The van der Waals surface area contributed by atoms with E-state index in [1.807, 2.05) is 13.8 Å². The molecule has 0 amide bonds. The van der Waals surface area contributed by atoms with Gasteiger partial charge in [0.2, 0.25) is 0 Å². The molecule has 1 nitrogen and oxygen atoms in total. The maximum Gasteiger partial charge on any atom is 0.0128 e. The topological polar surface area (TPSA) is 3.24 Å². The molecule has 0 bridgehead atoms. The smallest absolute Gasteiger partial charge is 0.0128 e. The first kappa shape index (κ1) is 11.0. The molecule has 2 aliphatic rings. The quantitative estimate of drug-likeness (QED) is 0.635. The van der Waals surface area contributed by atoms with Crippen LogP contribution >= 0.6 is 0 Å². The van der Waals surface area contributed by atoms with Crippen LogP contribution in [0.4, 0.5) is 0 Å². The van der Waals surface area contributed by atoms with Crippen LogP contribution in [0.2, 0.25) is 0 Å². The van der Waals surface area contributed by atoms with Gasteiger partial charge in [-0.25, -0.2) is 0 Å². The van der Waals surface area contributed by atoms with Gasteiger partial charge in [-0.3, -0.25) is 4.90 Å². The summed E-state index contributed by atoms with van der Waals surface area (Å²) < 4.78 is 0. The van der Waals surface area contributed by atoms with Crippen molar-refractivity contribution in [2.75, 3.05) is 7.05 Å². The lowest BCUT2D eigenvalue weighted by atomic mass is 9.96. The molecule has 1 aliphatic carbocycles. The molecule has 2 fully saturated rings. The summed E-state index contributed by atoms with van der Waals surface area (Å²) >= 11 is 0. The van der Waals surface area contributed by atoms with Crippen molar-refractivity contribution in [3.63, 3.8) is 0 Å². The van der Waals surface area contributed by atoms with Gasteiger partial charge in [-0.1, -0.05) is 34.1 Å². The van der Waals surface area contributed by atoms with Gasteiger partial charge < -0.3 is 0 Å². The second-order valence-electron chi connectivity index (χ2n) is 4.42. The van der Waals surface area contributed by atoms with E-state index in [0.717, 1.165) is 23.9 Å². The van der Waals surface area contributed by atoms with Crippen LogP contribution in [0.5, 0.6) is 0 Å². The molecule has 0 spiro atoms. The number of hydrogen-bond donors (Lipinski definition) is 0. The normalized spacial score (nSPS) is 39.0. The lowest BCUT2D eigenvalue weighted by Gasteiger charge is -2.27. The Morgan fingerprint density at radius 1 is 1.31 bits per heavy atom. The van der Waals surface area contributed by atoms with Crippen molar-refractivity contribution in [1.29, 1.82) is 0 Å². The predicted molar refractivity (Wildman–Crippen MR) is 58.9 cm³/mol. The fraction of sp³-hybridized carbons (Fsp3) is 1.00. The zero-order valence-corrected chi connectivity index (χ0v) is 9.88. The Balaban J connectivity index is 0.000000396. The van der Waals surface area contributed by atoms with Crippen molar-refractivity contribution in [3.8, 4) is 0 Å². The van der Waals surface area contributed by atoms with Crippen molar-refractivity contribution < 1.29 is 0 Å². The summed E-state index contributed by atoms with van der Waals surface area (Å²) in [6, 6.07) is 1.89. The highest BCUT2D eigenvalue weighted by molar-refractivity contribution is 5.05. The third-order valence-corrected chi connectivity index (χ3v) is 3.78. The summed E-state index contributed by atoms with van der Waals surface area (Å²) in [5.74, 6) is 1.99. The van der Waals surface area contributed by atoms with Crippen molar-refractivity contribution in [2.24, 2.45) is 11.8 Å². The van der Waals surface area contributed by atoms with Gasteiger partial charge in [0.25, 0.3) is 0 Å². The molecule has 0 aromatic carbocycles. The van der Waals surface area contributed by atoms with Crippen LogP contribution in [0, 0.1) is 11.8 Å². The van der Waals surface area contributed by atoms with Crippen molar-refractivity contribution in [3.05, 3.63) is 0 Å². The monoisotopic (exact) mass is 183 g/mol. The summed E-state index contributed by atoms with van der Waals surface area (Å²) in [7, 11) is 2.31. The average molecular weight is 183 g/mol. The summed E-state index contributed by atoms with van der Waals surface area (Å²) in [5, 5.41) is 0. The van der Waals surface area contributed by atoms with Crippen LogP contribution in [-0.4, -0.2) is 24.0 Å². The summed E-state index contributed by atoms with van der Waals surface area (Å²) in [5.41, 5.74) is 0. The molecule has 0 aromatic rings. The molecule has 0 N–H and O–H groups in total. The molecule has 78 valence electrons. The predicted octanol–water partition coefficient (Wildman–Crippen LogP) is 3.15. The number of rotatable bonds is 2. The third-order valence-electron chi connectivity index (χ3n) is 3.78. The number of fused-ring (bicyclic) bond motifs is 1. The van der Waals surface area contributed by atoms with Gasteiger partial charge in [0, 0.05) is 12.1 Å². The van der Waals surface area contributed by atoms with Crippen molar-refractivity contribution in [1.82, 2.24) is 4.90 Å². The van der Waals surface area contributed by atoms with Gasteiger partial charge in [0.1, 0.15) is 0 Å². The first-order valence-electron chi connectivity index (χ1n) is 5.96. The van der Waals surface area contributed by atoms with Gasteiger partial charge in [-0.2, -0.15) is 0 Å². The number of piperidine rings is 1. The standard InChI is InChI=1S/C10H19N.C2H6/c1-4-7(2)9-5-8-6-10(8)11(9)3;1-2/h7-10H,4-6H2,1-3H3;1-2H3. The van der Waals surface area contributed by atoms with E-state index < -0.39 is 0 Å². The molecule has 1 saturated heterocycles. The molecule has 1 heterocycles. The van der Waals surface area contributed by atoms with Gasteiger partial charge >= 0.3 is 0 Å². The fourth-order valence-corrected chi connectivity index (χ4v) is 2.61. The van der Waals surface area contributed by atoms with Crippen LogP contribution < -0.4 is 0 Å². The van der Waals surface area contributed by atoms with Gasteiger partial charge in [0.15, 0.2) is 0 Å². The van der Waals surface area contributed by atoms with E-state index in [-0.39, 0.29) is 0 Å². The molecule has 1 heteroatoms. The van der Waals surface area contributed by atoms with Gasteiger partial charge in [-0.15, -0.1) is 0 Å². The van der Waals surface area contributed by atoms with Crippen LogP contribution in [0.25, 0.3) is 0 Å². The molecule has 1 aliphatic heterocycles. The number of hydrogen-bond acceptors (Lipinski definition) is 1. The van der Waals surface area contributed by atoms with E-state index in [9.17, 15) is 0 Å². The van der Waals surface area contributed by atoms with E-state index in [1.54, 1.807) is 0 Å². The highest BCUT2D eigenvalue weighted by Gasteiger charge is 2.50. The molecular formula is C12H25N. The Labute approximate surface area is 83.5 Å². The average Bonchev–Trinajstić information content (AvgIpc) is 2.88. The first-order valence-corrected chi connectivity index (χ1v) is 5.96. The second-order valence-corrected chi connectivity index (χ2v) is 4.42. The Bertz CT molecular complexity index is 155. The Morgan fingerprint density at radius 2 is 1.92 bits per heavy atom. The Kier molecular flexibility index (Phi) is 3.78. The summed E-state index contributed by atoms with van der Waals surface area (Å²) in [4.78, 5) is 2.62. The van der Waals surface area contributed by atoms with Gasteiger partial charge in [-0.05, 0) is 31.7 Å². The lowest BCUT2D eigenvalue weighted by molar-refractivity contribution is 0.201. The maximum absolute atomic E-state index is 2.62. The largest absolute Gasteiger partial charge is 0.300 e.